The highest BCUT2D eigenvalue weighted by atomic mass is 35.5. The summed E-state index contributed by atoms with van der Waals surface area (Å²) in [5.41, 5.74) is 2.38. The molecule has 3 heterocycles. The second-order valence-corrected chi connectivity index (χ2v) is 12.4. The molecular weight excluding hydrogens is 509 g/mol. The van der Waals surface area contributed by atoms with Crippen LogP contribution >= 0.6 is 23.2 Å². The van der Waals surface area contributed by atoms with Gasteiger partial charge in [-0.15, -0.1) is 0 Å². The third-order valence-electron chi connectivity index (χ3n) is 8.95. The Morgan fingerprint density at radius 3 is 2.57 bits per heavy atom. The van der Waals surface area contributed by atoms with Gasteiger partial charge in [-0.25, -0.2) is 4.98 Å². The van der Waals surface area contributed by atoms with Crippen molar-refractivity contribution in [3.8, 4) is 5.75 Å². The van der Waals surface area contributed by atoms with Gasteiger partial charge in [0.05, 0.1) is 5.41 Å². The molecule has 2 aliphatic heterocycles. The standard InChI is InChI=1S/C29H37Cl2N3O3/c1-17-18(2)32-27(11-26(17)37-19(3)24-8-7-22(30)10-25(24)31)34-15-21(16-34)20-6-5-9-33(14-20)23-12-29(4,13-23)28(35)36/h7-8,10-11,19-21,23H,5-6,9,12-16H2,1-4H3,(H,35,36)/t19-,20+,23?,29?/m1/s1. The maximum absolute atomic E-state index is 11.5. The first-order valence-corrected chi connectivity index (χ1v) is 14.1. The highest BCUT2D eigenvalue weighted by Crippen LogP contribution is 2.45. The molecule has 2 saturated heterocycles. The summed E-state index contributed by atoms with van der Waals surface area (Å²) in [6.07, 6.45) is 3.80. The molecule has 2 atom stereocenters. The van der Waals surface area contributed by atoms with Crippen LogP contribution in [0.5, 0.6) is 5.75 Å². The summed E-state index contributed by atoms with van der Waals surface area (Å²) in [5, 5.41) is 10.7. The second kappa shape index (κ2) is 10.3. The molecule has 37 heavy (non-hydrogen) atoms. The van der Waals surface area contributed by atoms with E-state index in [1.807, 2.05) is 39.8 Å². The summed E-state index contributed by atoms with van der Waals surface area (Å²) in [4.78, 5) is 21.3. The Bertz CT molecular complexity index is 1180. The first-order valence-electron chi connectivity index (χ1n) is 13.4. The number of likely N-dealkylation sites (tertiary alicyclic amines) is 1. The molecule has 8 heteroatoms. The number of pyridine rings is 1. The third kappa shape index (κ3) is 5.30. The van der Waals surface area contributed by atoms with E-state index >= 15 is 0 Å². The van der Waals surface area contributed by atoms with E-state index in [0.717, 1.165) is 67.4 Å². The van der Waals surface area contributed by atoms with Crippen LogP contribution < -0.4 is 9.64 Å². The zero-order chi connectivity index (χ0) is 26.5. The predicted octanol–water partition coefficient (Wildman–Crippen LogP) is 6.55. The number of hydrogen-bond donors (Lipinski definition) is 1. The van der Waals surface area contributed by atoms with Gasteiger partial charge in [0.15, 0.2) is 0 Å². The van der Waals surface area contributed by atoms with Crippen LogP contribution in [0, 0.1) is 31.1 Å². The summed E-state index contributed by atoms with van der Waals surface area (Å²) >= 11 is 12.5. The Morgan fingerprint density at radius 1 is 1.16 bits per heavy atom. The average molecular weight is 547 g/mol. The highest BCUT2D eigenvalue weighted by molar-refractivity contribution is 6.35. The molecular formula is C29H37Cl2N3O3. The number of carboxylic acid groups (broad SMARTS) is 1. The number of anilines is 1. The third-order valence-corrected chi connectivity index (χ3v) is 9.52. The van der Waals surface area contributed by atoms with E-state index < -0.39 is 11.4 Å². The lowest BCUT2D eigenvalue weighted by atomic mass is 9.65. The first-order chi connectivity index (χ1) is 17.5. The van der Waals surface area contributed by atoms with Gasteiger partial charge in [0, 0.05) is 58.6 Å². The number of carbonyl (C=O) groups is 1. The number of rotatable bonds is 7. The van der Waals surface area contributed by atoms with Crippen molar-refractivity contribution in [2.24, 2.45) is 17.3 Å². The first kappa shape index (κ1) is 26.6. The van der Waals surface area contributed by atoms with Gasteiger partial charge >= 0.3 is 5.97 Å². The summed E-state index contributed by atoms with van der Waals surface area (Å²) in [7, 11) is 0. The number of aryl methyl sites for hydroxylation is 1. The Kier molecular flexibility index (Phi) is 7.38. The lowest BCUT2D eigenvalue weighted by Gasteiger charge is -2.52. The number of hydrogen-bond acceptors (Lipinski definition) is 5. The molecule has 3 fully saturated rings. The van der Waals surface area contributed by atoms with Gasteiger partial charge in [-0.2, -0.15) is 0 Å². The van der Waals surface area contributed by atoms with Crippen LogP contribution in [-0.2, 0) is 4.79 Å². The molecule has 6 nitrogen and oxygen atoms in total. The van der Waals surface area contributed by atoms with E-state index in [0.29, 0.717) is 27.9 Å². The van der Waals surface area contributed by atoms with Crippen molar-refractivity contribution >= 4 is 35.0 Å². The maximum atomic E-state index is 11.5. The molecule has 0 amide bonds. The fourth-order valence-corrected chi connectivity index (χ4v) is 6.79. The van der Waals surface area contributed by atoms with Crippen molar-refractivity contribution in [1.29, 1.82) is 0 Å². The molecule has 0 bridgehead atoms. The average Bonchev–Trinajstić information content (AvgIpc) is 2.79. The van der Waals surface area contributed by atoms with Gasteiger partial charge in [-0.05, 0) is 83.9 Å². The Labute approximate surface area is 229 Å². The fraction of sp³-hybridized carbons (Fsp3) is 0.586. The van der Waals surface area contributed by atoms with Crippen molar-refractivity contribution in [2.75, 3.05) is 31.1 Å². The topological polar surface area (TPSA) is 65.9 Å². The van der Waals surface area contributed by atoms with Crippen molar-refractivity contribution in [2.45, 2.75) is 65.5 Å². The molecule has 1 aliphatic carbocycles. The summed E-state index contributed by atoms with van der Waals surface area (Å²) < 4.78 is 6.39. The lowest BCUT2D eigenvalue weighted by molar-refractivity contribution is -0.158. The molecule has 0 unspecified atom stereocenters. The smallest absolute Gasteiger partial charge is 0.309 e. The molecule has 200 valence electrons. The molecule has 0 spiro atoms. The molecule has 3 aliphatic rings. The zero-order valence-electron chi connectivity index (χ0n) is 22.1. The molecule has 0 radical (unpaired) electrons. The zero-order valence-corrected chi connectivity index (χ0v) is 23.6. The minimum Gasteiger partial charge on any atom is -0.485 e. The number of aliphatic carboxylic acids is 1. The normalized spacial score (nSPS) is 27.4. The number of ether oxygens (including phenoxy) is 1. The van der Waals surface area contributed by atoms with Crippen LogP contribution in [0.4, 0.5) is 5.82 Å². The molecule has 1 saturated carbocycles. The van der Waals surface area contributed by atoms with Gasteiger partial charge in [0.1, 0.15) is 17.7 Å². The monoisotopic (exact) mass is 545 g/mol. The van der Waals surface area contributed by atoms with E-state index in [4.69, 9.17) is 32.9 Å². The predicted molar refractivity (Wildman–Crippen MR) is 148 cm³/mol. The van der Waals surface area contributed by atoms with E-state index in [1.165, 1.54) is 12.8 Å². The summed E-state index contributed by atoms with van der Waals surface area (Å²) in [5.74, 6) is 2.46. The Morgan fingerprint density at radius 2 is 1.89 bits per heavy atom. The van der Waals surface area contributed by atoms with Crippen LogP contribution in [-0.4, -0.2) is 53.2 Å². The quantitative estimate of drug-likeness (QED) is 0.425. The summed E-state index contributed by atoms with van der Waals surface area (Å²) in [6, 6.07) is 7.99. The fourth-order valence-electron chi connectivity index (χ4n) is 6.23. The Balaban J connectivity index is 1.20. The number of nitrogens with zero attached hydrogens (tertiary/aromatic N) is 3. The van der Waals surface area contributed by atoms with Gasteiger partial charge in [0.25, 0.3) is 0 Å². The number of aromatic nitrogens is 1. The van der Waals surface area contributed by atoms with Crippen LogP contribution in [0.1, 0.15) is 62.5 Å². The number of benzene rings is 1. The minimum absolute atomic E-state index is 0.218. The van der Waals surface area contributed by atoms with E-state index in [2.05, 4.69) is 15.9 Å². The van der Waals surface area contributed by atoms with E-state index in [-0.39, 0.29) is 6.10 Å². The van der Waals surface area contributed by atoms with Crippen molar-refractivity contribution in [3.05, 3.63) is 51.1 Å². The minimum atomic E-state index is -0.651. The van der Waals surface area contributed by atoms with Gasteiger partial charge in [0.2, 0.25) is 0 Å². The van der Waals surface area contributed by atoms with Crippen molar-refractivity contribution in [3.63, 3.8) is 0 Å². The van der Waals surface area contributed by atoms with E-state index in [9.17, 15) is 9.90 Å². The highest BCUT2D eigenvalue weighted by Gasteiger charge is 2.49. The van der Waals surface area contributed by atoms with Crippen LogP contribution in [0.3, 0.4) is 0 Å². The van der Waals surface area contributed by atoms with Gasteiger partial charge in [-0.3, -0.25) is 4.79 Å². The molecule has 2 aromatic rings. The molecule has 1 aromatic carbocycles. The SMILES string of the molecule is Cc1nc(N2CC([C@H]3CCCN(C4CC(C)(C(=O)O)C4)C3)C2)cc(O[C@H](C)c2ccc(Cl)cc2Cl)c1C. The van der Waals surface area contributed by atoms with Gasteiger partial charge in [-0.1, -0.05) is 29.3 Å². The van der Waals surface area contributed by atoms with E-state index in [1.54, 1.807) is 6.07 Å². The number of piperidine rings is 1. The molecule has 1 aromatic heterocycles. The number of halogens is 2. The van der Waals surface area contributed by atoms with Crippen LogP contribution in [0.15, 0.2) is 24.3 Å². The van der Waals surface area contributed by atoms with Crippen molar-refractivity contribution in [1.82, 2.24) is 9.88 Å². The second-order valence-electron chi connectivity index (χ2n) is 11.6. The maximum Gasteiger partial charge on any atom is 0.309 e. The van der Waals surface area contributed by atoms with Crippen molar-refractivity contribution < 1.29 is 14.6 Å². The van der Waals surface area contributed by atoms with Crippen LogP contribution in [0.25, 0.3) is 0 Å². The summed E-state index contributed by atoms with van der Waals surface area (Å²) in [6.45, 7) is 12.2. The molecule has 1 N–H and O–H groups in total. The van der Waals surface area contributed by atoms with Crippen LogP contribution in [0.2, 0.25) is 10.0 Å². The largest absolute Gasteiger partial charge is 0.485 e. The number of carboxylic acids is 1. The lowest BCUT2D eigenvalue weighted by Crippen LogP contribution is -2.58. The van der Waals surface area contributed by atoms with Gasteiger partial charge < -0.3 is 19.6 Å². The Hall–Kier alpha value is -2.02. The molecule has 5 rings (SSSR count).